The fourth-order valence-electron chi connectivity index (χ4n) is 1.10. The molecular weight excluding hydrogens is 380 g/mol. The molecule has 3 atom stereocenters. The molecule has 0 aliphatic rings. The molecule has 7 nitrogen and oxygen atoms in total. The maximum atomic E-state index is 10.4. The largest absolute Gasteiger partial charge is 0.677 e. The molecule has 3 unspecified atom stereocenters. The monoisotopic (exact) mass is 422 g/mol. The van der Waals surface area contributed by atoms with Crippen molar-refractivity contribution in [2.75, 3.05) is 0 Å². The molecule has 0 saturated heterocycles. The number of hydrogen-bond donors (Lipinski definition) is 2. The van der Waals surface area contributed by atoms with E-state index in [2.05, 4.69) is 0 Å². The third-order valence-electron chi connectivity index (χ3n) is 2.78. The van der Waals surface area contributed by atoms with Gasteiger partial charge in [0.1, 0.15) is 0 Å². The minimum absolute atomic E-state index is 0. The van der Waals surface area contributed by atoms with Gasteiger partial charge in [0.2, 0.25) is 0 Å². The van der Waals surface area contributed by atoms with Crippen molar-refractivity contribution in [1.82, 2.24) is 0 Å². The van der Waals surface area contributed by atoms with Crippen LogP contribution >= 0.6 is 0 Å². The topological polar surface area (TPSA) is 131 Å². The van der Waals surface area contributed by atoms with Crippen molar-refractivity contribution >= 4 is 9.05 Å². The van der Waals surface area contributed by atoms with E-state index in [1.807, 2.05) is 41.5 Å². The Morgan fingerprint density at radius 2 is 0.920 bits per heavy atom. The molecule has 0 aromatic heterocycles. The zero-order valence-corrected chi connectivity index (χ0v) is 20.0. The summed E-state index contributed by atoms with van der Waals surface area (Å²) in [5, 5.41) is 8.52. The van der Waals surface area contributed by atoms with E-state index in [4.69, 9.17) is 18.4 Å². The zero-order valence-electron chi connectivity index (χ0n) is 17.5. The average molecular weight is 422 g/mol. The number of rotatable bonds is 9. The smallest absolute Gasteiger partial charge is 0.412 e. The van der Waals surface area contributed by atoms with E-state index < -0.39 is 14.6 Å². The van der Waals surface area contributed by atoms with Crippen molar-refractivity contribution in [1.29, 1.82) is 0 Å². The molecule has 0 saturated carbocycles. The summed E-state index contributed by atoms with van der Waals surface area (Å²) in [5.41, 5.74) is -0.500. The quantitative estimate of drug-likeness (QED) is 0.549. The second kappa shape index (κ2) is 18.0. The van der Waals surface area contributed by atoms with Gasteiger partial charge in [-0.05, 0) is 60.8 Å². The van der Waals surface area contributed by atoms with E-state index in [0.717, 1.165) is 19.3 Å². The maximum Gasteiger partial charge on any atom is 0.677 e. The van der Waals surface area contributed by atoms with E-state index in [-0.39, 0.29) is 51.0 Å². The van der Waals surface area contributed by atoms with Gasteiger partial charge in [-0.1, -0.05) is 20.8 Å². The molecule has 6 N–H and O–H groups in total. The molecule has 0 aromatic rings. The summed E-state index contributed by atoms with van der Waals surface area (Å²) in [5.74, 6) is 0. The predicted octanol–water partition coefficient (Wildman–Crippen LogP) is 1.98. The summed E-state index contributed by atoms with van der Waals surface area (Å²) in [4.78, 5) is 10.4. The Morgan fingerprint density at radius 1 is 0.760 bits per heavy atom. The van der Waals surface area contributed by atoms with Crippen LogP contribution in [0.2, 0.25) is 0 Å². The summed E-state index contributed by atoms with van der Waals surface area (Å²) >= 11 is 0. The van der Waals surface area contributed by atoms with Gasteiger partial charge in [-0.2, -0.15) is 0 Å². The van der Waals surface area contributed by atoms with Gasteiger partial charge in [-0.15, -0.1) is 0 Å². The number of hydrogen-bond acceptors (Lipinski definition) is 5. The summed E-state index contributed by atoms with van der Waals surface area (Å²) in [6, 6.07) is 0. The first kappa shape index (κ1) is 36.6. The van der Waals surface area contributed by atoms with Crippen molar-refractivity contribution in [3.05, 3.63) is 0 Å². The van der Waals surface area contributed by atoms with E-state index in [9.17, 15) is 4.80 Å². The Hall–Kier alpha value is 0.651. The van der Waals surface area contributed by atoms with Gasteiger partial charge in [-0.3, -0.25) is 0 Å². The van der Waals surface area contributed by atoms with Gasteiger partial charge in [0.05, 0.1) is 5.60 Å². The normalized spacial score (nSPS) is 16.4. The molecule has 25 heavy (non-hydrogen) atoms. The molecule has 0 fully saturated rings. The molecular formula is C16H42O7SiTi. The van der Waals surface area contributed by atoms with Gasteiger partial charge in [0.15, 0.2) is 0 Å². The fraction of sp³-hybridized carbons (Fsp3) is 1.00. The standard InChI is InChI=1S/C12H28O4Si.C4H10O.2H2O.Ti/c1-7-10(4)14-17(13,15-11(5)8-2)16-12(6)9-3;1-4(2,3)5;;;/h10-13H,7-9H2,1-6H3;5H,1-3H3;2*1H2;. The van der Waals surface area contributed by atoms with Crippen LogP contribution in [0.1, 0.15) is 81.6 Å². The molecule has 0 aliphatic heterocycles. The molecule has 0 heterocycles. The van der Waals surface area contributed by atoms with Crippen molar-refractivity contribution in [2.45, 2.75) is 105 Å². The van der Waals surface area contributed by atoms with Gasteiger partial charge >= 0.3 is 9.05 Å². The SMILES string of the molecule is CC(C)(C)O.CCC(C)O[Si](O)(OC(C)CC)OC(C)CC.O.O.[Ti]. The fourth-order valence-corrected chi connectivity index (χ4v) is 3.29. The van der Waals surface area contributed by atoms with Crippen molar-refractivity contribution in [2.24, 2.45) is 0 Å². The zero-order chi connectivity index (χ0) is 18.0. The Labute approximate surface area is 170 Å². The van der Waals surface area contributed by atoms with E-state index in [1.165, 1.54) is 0 Å². The second-order valence-electron chi connectivity index (χ2n) is 6.70. The summed E-state index contributed by atoms with van der Waals surface area (Å²) in [7, 11) is -3.50. The minimum atomic E-state index is -3.50. The molecule has 0 rings (SSSR count). The molecule has 0 spiro atoms. The summed E-state index contributed by atoms with van der Waals surface area (Å²) in [6.07, 6.45) is 2.30. The Morgan fingerprint density at radius 3 is 1.04 bits per heavy atom. The van der Waals surface area contributed by atoms with Crippen LogP contribution in [0.25, 0.3) is 0 Å². The van der Waals surface area contributed by atoms with Crippen molar-refractivity contribution < 1.29 is 55.9 Å². The summed E-state index contributed by atoms with van der Waals surface area (Å²) < 4.78 is 16.7. The van der Waals surface area contributed by atoms with Crippen LogP contribution in [0.5, 0.6) is 0 Å². The number of aliphatic hydroxyl groups is 1. The molecule has 0 aromatic carbocycles. The van der Waals surface area contributed by atoms with Crippen LogP contribution in [0.3, 0.4) is 0 Å². The van der Waals surface area contributed by atoms with Gasteiger partial charge in [0, 0.05) is 40.0 Å². The van der Waals surface area contributed by atoms with E-state index >= 15 is 0 Å². The first-order valence-corrected chi connectivity index (χ1v) is 10.0. The van der Waals surface area contributed by atoms with Crippen LogP contribution in [-0.2, 0) is 35.0 Å². The van der Waals surface area contributed by atoms with Crippen LogP contribution in [0.15, 0.2) is 0 Å². The molecule has 0 bridgehead atoms. The van der Waals surface area contributed by atoms with Crippen LogP contribution in [0.4, 0.5) is 0 Å². The van der Waals surface area contributed by atoms with Crippen LogP contribution in [-0.4, -0.2) is 53.8 Å². The summed E-state index contributed by atoms with van der Waals surface area (Å²) in [6.45, 7) is 17.0. The van der Waals surface area contributed by atoms with Crippen molar-refractivity contribution in [3.8, 4) is 0 Å². The van der Waals surface area contributed by atoms with Gasteiger partial charge in [0.25, 0.3) is 0 Å². The Kier molecular flexibility index (Phi) is 26.4. The van der Waals surface area contributed by atoms with Crippen LogP contribution in [0, 0.1) is 0 Å². The Balaban J connectivity index is -0.000000147. The predicted molar refractivity (Wildman–Crippen MR) is 99.7 cm³/mol. The Bertz CT molecular complexity index is 240. The van der Waals surface area contributed by atoms with E-state index in [0.29, 0.717) is 0 Å². The average Bonchev–Trinajstić information content (AvgIpc) is 2.35. The molecule has 0 amide bonds. The molecule has 0 aliphatic carbocycles. The minimum Gasteiger partial charge on any atom is -0.412 e. The van der Waals surface area contributed by atoms with Crippen molar-refractivity contribution in [3.63, 3.8) is 0 Å². The van der Waals surface area contributed by atoms with E-state index in [1.54, 1.807) is 20.8 Å². The van der Waals surface area contributed by atoms with Gasteiger partial charge < -0.3 is 34.1 Å². The molecule has 0 radical (unpaired) electrons. The second-order valence-corrected chi connectivity index (χ2v) is 8.46. The maximum absolute atomic E-state index is 10.4. The van der Waals surface area contributed by atoms with Gasteiger partial charge in [-0.25, -0.2) is 0 Å². The molecule has 9 heteroatoms. The first-order valence-electron chi connectivity index (χ1n) is 8.34. The third kappa shape index (κ3) is 27.0. The van der Waals surface area contributed by atoms with Crippen LogP contribution < -0.4 is 0 Å². The molecule has 156 valence electrons. The third-order valence-corrected chi connectivity index (χ3v) is 4.88. The first-order chi connectivity index (χ1) is 9.86.